The first-order valence-electron chi connectivity index (χ1n) is 14.3. The minimum Gasteiger partial charge on any atom is -0.457 e. The number of hydrogen-bond donors (Lipinski definition) is 1. The van der Waals surface area contributed by atoms with E-state index in [2.05, 4.69) is 66.2 Å². The second-order valence-corrected chi connectivity index (χ2v) is 12.1. The molecule has 1 N–H and O–H groups in total. The van der Waals surface area contributed by atoms with Crippen molar-refractivity contribution in [3.8, 4) is 16.9 Å². The summed E-state index contributed by atoms with van der Waals surface area (Å²) in [7, 11) is 0. The molecule has 0 radical (unpaired) electrons. The summed E-state index contributed by atoms with van der Waals surface area (Å²) in [6.45, 7) is 16.3. The monoisotopic (exact) mass is 556 g/mol. The number of ketones is 1. The SMILES string of the molecule is Cc1ccc(CC(=O)c2cc(CNC(C)C)c(C(C)(C)C)o2)cc1-n1cc(-c2cncc(N3CCOCC3)c2)nn1. The Morgan fingerprint density at radius 1 is 1.10 bits per heavy atom. The van der Waals surface area contributed by atoms with Crippen LogP contribution in [-0.4, -0.2) is 58.1 Å². The molecule has 0 bridgehead atoms. The van der Waals surface area contributed by atoms with Crippen LogP contribution < -0.4 is 10.2 Å². The molecule has 9 heteroatoms. The van der Waals surface area contributed by atoms with Gasteiger partial charge in [-0.3, -0.25) is 9.78 Å². The number of aromatic nitrogens is 4. The van der Waals surface area contributed by atoms with Gasteiger partial charge >= 0.3 is 0 Å². The molecule has 216 valence electrons. The zero-order valence-corrected chi connectivity index (χ0v) is 24.9. The number of hydrogen-bond acceptors (Lipinski definition) is 8. The van der Waals surface area contributed by atoms with Crippen LogP contribution in [0.25, 0.3) is 16.9 Å². The van der Waals surface area contributed by atoms with Gasteiger partial charge in [0.15, 0.2) is 5.76 Å². The predicted octanol–water partition coefficient (Wildman–Crippen LogP) is 5.29. The van der Waals surface area contributed by atoms with E-state index in [-0.39, 0.29) is 17.6 Å². The molecule has 0 atom stereocenters. The molecule has 9 nitrogen and oxygen atoms in total. The maximum atomic E-state index is 13.4. The van der Waals surface area contributed by atoms with Crippen LogP contribution in [0.15, 0.2) is 53.3 Å². The van der Waals surface area contributed by atoms with Gasteiger partial charge in [0.1, 0.15) is 11.5 Å². The zero-order chi connectivity index (χ0) is 29.1. The van der Waals surface area contributed by atoms with Crippen LogP contribution >= 0.6 is 0 Å². The Hall–Kier alpha value is -3.82. The average Bonchev–Trinajstić information content (AvgIpc) is 3.62. The number of benzene rings is 1. The molecule has 41 heavy (non-hydrogen) atoms. The fourth-order valence-electron chi connectivity index (χ4n) is 5.01. The Balaban J connectivity index is 1.35. The highest BCUT2D eigenvalue weighted by molar-refractivity contribution is 5.95. The summed E-state index contributed by atoms with van der Waals surface area (Å²) >= 11 is 0. The summed E-state index contributed by atoms with van der Waals surface area (Å²) < 4.78 is 13.4. The molecular formula is C32H40N6O3. The number of ether oxygens (including phenoxy) is 1. The van der Waals surface area contributed by atoms with E-state index in [4.69, 9.17) is 9.15 Å². The van der Waals surface area contributed by atoms with Gasteiger partial charge in [-0.2, -0.15) is 0 Å². The largest absolute Gasteiger partial charge is 0.457 e. The van der Waals surface area contributed by atoms with Crippen molar-refractivity contribution in [3.63, 3.8) is 0 Å². The van der Waals surface area contributed by atoms with Crippen LogP contribution in [0.4, 0.5) is 5.69 Å². The maximum Gasteiger partial charge on any atom is 0.202 e. The number of nitrogens with zero attached hydrogens (tertiary/aromatic N) is 5. The summed E-state index contributed by atoms with van der Waals surface area (Å²) in [5, 5.41) is 12.3. The molecule has 1 fully saturated rings. The van der Waals surface area contributed by atoms with Gasteiger partial charge in [-0.15, -0.1) is 5.10 Å². The minimum absolute atomic E-state index is 0.0496. The van der Waals surface area contributed by atoms with E-state index in [1.807, 2.05) is 43.6 Å². The van der Waals surface area contributed by atoms with Crippen molar-refractivity contribution < 1.29 is 13.9 Å². The summed E-state index contributed by atoms with van der Waals surface area (Å²) in [5.41, 5.74) is 6.32. The topological polar surface area (TPSA) is 98.3 Å². The molecule has 3 aromatic heterocycles. The Morgan fingerprint density at radius 3 is 2.61 bits per heavy atom. The lowest BCUT2D eigenvalue weighted by Gasteiger charge is -2.28. The van der Waals surface area contributed by atoms with E-state index in [0.29, 0.717) is 31.6 Å². The molecule has 0 amide bonds. The first-order valence-corrected chi connectivity index (χ1v) is 14.3. The van der Waals surface area contributed by atoms with E-state index >= 15 is 0 Å². The number of anilines is 1. The van der Waals surface area contributed by atoms with E-state index in [1.54, 1.807) is 10.9 Å². The van der Waals surface area contributed by atoms with Gasteiger partial charge in [0.2, 0.25) is 5.78 Å². The molecule has 1 aliphatic rings. The van der Waals surface area contributed by atoms with Gasteiger partial charge in [-0.25, -0.2) is 4.68 Å². The minimum atomic E-state index is -0.203. The molecule has 0 aliphatic carbocycles. The van der Waals surface area contributed by atoms with Gasteiger partial charge in [0, 0.05) is 54.8 Å². The molecule has 0 saturated carbocycles. The third-order valence-electron chi connectivity index (χ3n) is 7.24. The van der Waals surface area contributed by atoms with Crippen LogP contribution in [0.2, 0.25) is 0 Å². The molecule has 4 aromatic rings. The van der Waals surface area contributed by atoms with Crippen LogP contribution in [0, 0.1) is 6.92 Å². The first kappa shape index (κ1) is 28.7. The molecule has 1 aliphatic heterocycles. The van der Waals surface area contributed by atoms with Crippen molar-refractivity contribution in [1.82, 2.24) is 25.3 Å². The Bertz CT molecular complexity index is 1510. The lowest BCUT2D eigenvalue weighted by Crippen LogP contribution is -2.36. The van der Waals surface area contributed by atoms with Gasteiger partial charge in [-0.05, 0) is 36.2 Å². The second kappa shape index (κ2) is 12.0. The number of carbonyl (C=O) groups is 1. The number of pyridine rings is 1. The average molecular weight is 557 g/mol. The smallest absolute Gasteiger partial charge is 0.202 e. The first-order chi connectivity index (χ1) is 19.6. The normalized spacial score (nSPS) is 14.2. The molecule has 0 spiro atoms. The van der Waals surface area contributed by atoms with E-state index in [9.17, 15) is 4.79 Å². The summed E-state index contributed by atoms with van der Waals surface area (Å²) in [4.78, 5) is 20.1. The van der Waals surface area contributed by atoms with Crippen LogP contribution in [0.1, 0.15) is 67.6 Å². The van der Waals surface area contributed by atoms with Gasteiger partial charge in [0.25, 0.3) is 0 Å². The number of rotatable bonds is 9. The van der Waals surface area contributed by atoms with Crippen LogP contribution in [0.5, 0.6) is 0 Å². The van der Waals surface area contributed by atoms with Crippen LogP contribution in [0.3, 0.4) is 0 Å². The summed E-state index contributed by atoms with van der Waals surface area (Å²) in [6.07, 6.45) is 5.82. The highest BCUT2D eigenvalue weighted by Crippen LogP contribution is 2.30. The zero-order valence-electron chi connectivity index (χ0n) is 24.9. The fourth-order valence-corrected chi connectivity index (χ4v) is 5.01. The highest BCUT2D eigenvalue weighted by atomic mass is 16.5. The van der Waals surface area contributed by atoms with Crippen molar-refractivity contribution in [2.24, 2.45) is 0 Å². The lowest BCUT2D eigenvalue weighted by molar-refractivity contribution is 0.0963. The van der Waals surface area contributed by atoms with Crippen molar-refractivity contribution in [1.29, 1.82) is 0 Å². The third kappa shape index (κ3) is 6.74. The molecule has 0 unspecified atom stereocenters. The quantitative estimate of drug-likeness (QED) is 0.278. The molecule has 1 aromatic carbocycles. The third-order valence-corrected chi connectivity index (χ3v) is 7.24. The highest BCUT2D eigenvalue weighted by Gasteiger charge is 2.26. The van der Waals surface area contributed by atoms with Gasteiger partial charge in [-0.1, -0.05) is 52.0 Å². The summed E-state index contributed by atoms with van der Waals surface area (Å²) in [6, 6.07) is 10.3. The van der Waals surface area contributed by atoms with Crippen molar-refractivity contribution in [2.75, 3.05) is 31.2 Å². The number of furan rings is 1. The number of nitrogens with one attached hydrogen (secondary N) is 1. The number of morpholine rings is 1. The Morgan fingerprint density at radius 2 is 1.88 bits per heavy atom. The van der Waals surface area contributed by atoms with Crippen LogP contribution in [-0.2, 0) is 23.1 Å². The Labute approximate surface area is 241 Å². The second-order valence-electron chi connectivity index (χ2n) is 12.1. The van der Waals surface area contributed by atoms with Crippen molar-refractivity contribution in [3.05, 3.63) is 77.1 Å². The molecule has 1 saturated heterocycles. The fraction of sp³-hybridized carbons (Fsp3) is 0.438. The van der Waals surface area contributed by atoms with Gasteiger partial charge < -0.3 is 19.4 Å². The predicted molar refractivity (Wildman–Crippen MR) is 160 cm³/mol. The van der Waals surface area contributed by atoms with E-state index in [0.717, 1.165) is 58.2 Å². The Kier molecular flexibility index (Phi) is 8.37. The van der Waals surface area contributed by atoms with Gasteiger partial charge in [0.05, 0.1) is 37.0 Å². The molecular weight excluding hydrogens is 516 g/mol. The van der Waals surface area contributed by atoms with E-state index in [1.165, 1.54) is 0 Å². The number of aryl methyl sites for hydroxylation is 1. The van der Waals surface area contributed by atoms with Crippen molar-refractivity contribution in [2.45, 2.75) is 66.0 Å². The molecule has 5 rings (SSSR count). The van der Waals surface area contributed by atoms with E-state index < -0.39 is 0 Å². The summed E-state index contributed by atoms with van der Waals surface area (Å²) in [5.74, 6) is 1.19. The maximum absolute atomic E-state index is 13.4. The standard InChI is InChI=1S/C32H40N6O3/c1-21(2)34-18-25-16-30(41-31(25)32(4,5)6)29(39)14-23-8-7-22(3)28(13-23)38-20-27(35-36-38)24-15-26(19-33-17-24)37-9-11-40-12-10-37/h7-8,13,15-17,19-21,34H,9-12,14,18H2,1-6H3. The number of carbonyl (C=O) groups excluding carboxylic acids is 1. The number of Topliss-reactive ketones (excluding diaryl/α,β-unsaturated/α-hetero) is 1. The lowest BCUT2D eigenvalue weighted by atomic mass is 9.90. The van der Waals surface area contributed by atoms with Crippen molar-refractivity contribution >= 4 is 11.5 Å². The molecule has 4 heterocycles.